The number of halogens is 1. The molecule has 0 unspecified atom stereocenters. The van der Waals surface area contributed by atoms with E-state index >= 15 is 0 Å². The minimum atomic E-state index is -0.718. The lowest BCUT2D eigenvalue weighted by Gasteiger charge is -2.34. The molecule has 3 rings (SSSR count). The molecule has 2 aliphatic heterocycles. The van der Waals surface area contributed by atoms with Crippen LogP contribution in [0.25, 0.3) is 0 Å². The fourth-order valence-electron chi connectivity index (χ4n) is 2.47. The number of hydrogen-bond acceptors (Lipinski definition) is 5. The molecule has 2 aliphatic rings. The zero-order valence-electron chi connectivity index (χ0n) is 11.9. The number of ether oxygens (including phenoxy) is 2. The van der Waals surface area contributed by atoms with Gasteiger partial charge in [0.1, 0.15) is 11.9 Å². The van der Waals surface area contributed by atoms with E-state index in [4.69, 9.17) is 26.8 Å². The normalized spacial score (nSPS) is 22.2. The van der Waals surface area contributed by atoms with Gasteiger partial charge >= 0.3 is 0 Å². The minimum Gasteiger partial charge on any atom is -0.484 e. The van der Waals surface area contributed by atoms with Crippen LogP contribution in [0.3, 0.4) is 0 Å². The van der Waals surface area contributed by atoms with Gasteiger partial charge in [-0.05, 0) is 37.2 Å². The van der Waals surface area contributed by atoms with Crippen LogP contribution in [0.4, 0.5) is 0 Å². The first-order valence-electron chi connectivity index (χ1n) is 7.33. The van der Waals surface area contributed by atoms with Gasteiger partial charge in [-0.15, -0.1) is 0 Å². The van der Waals surface area contributed by atoms with Crippen LogP contribution in [0.2, 0.25) is 5.02 Å². The van der Waals surface area contributed by atoms with E-state index in [2.05, 4.69) is 4.90 Å². The molecular weight excluding hydrogens is 292 g/mol. The van der Waals surface area contributed by atoms with Gasteiger partial charge in [0.15, 0.2) is 0 Å². The first-order valence-corrected chi connectivity index (χ1v) is 7.71. The van der Waals surface area contributed by atoms with Gasteiger partial charge in [0.25, 0.3) is 0 Å². The van der Waals surface area contributed by atoms with Crippen LogP contribution in [0.15, 0.2) is 18.2 Å². The van der Waals surface area contributed by atoms with Crippen LogP contribution < -0.4 is 10.5 Å². The van der Waals surface area contributed by atoms with Crippen molar-refractivity contribution < 1.29 is 14.6 Å². The quantitative estimate of drug-likeness (QED) is 0.826. The number of aliphatic hydroxyl groups excluding tert-OH is 1. The Morgan fingerprint density at radius 1 is 1.43 bits per heavy atom. The maximum atomic E-state index is 10.3. The molecule has 1 aromatic rings. The summed E-state index contributed by atoms with van der Waals surface area (Å²) in [4.78, 5) is 2.24. The van der Waals surface area contributed by atoms with Gasteiger partial charge < -0.3 is 25.2 Å². The molecule has 2 heterocycles. The molecule has 1 aromatic carbocycles. The molecule has 0 bridgehead atoms. The maximum absolute atomic E-state index is 10.3. The highest BCUT2D eigenvalue weighted by atomic mass is 35.5. The van der Waals surface area contributed by atoms with Crippen LogP contribution in [-0.4, -0.2) is 55.0 Å². The largest absolute Gasteiger partial charge is 0.484 e. The highest BCUT2D eigenvalue weighted by Crippen LogP contribution is 2.30. The van der Waals surface area contributed by atoms with Crippen molar-refractivity contribution in [3.05, 3.63) is 28.8 Å². The molecule has 2 saturated heterocycles. The van der Waals surface area contributed by atoms with E-state index in [0.717, 1.165) is 18.7 Å². The highest BCUT2D eigenvalue weighted by molar-refractivity contribution is 6.32. The summed E-state index contributed by atoms with van der Waals surface area (Å²) >= 11 is 6.22. The molecule has 6 heteroatoms. The Morgan fingerprint density at radius 3 is 2.71 bits per heavy atom. The Hall–Kier alpha value is -0.850. The van der Waals surface area contributed by atoms with Crippen LogP contribution in [0, 0.1) is 0 Å². The van der Waals surface area contributed by atoms with Gasteiger partial charge in [0.2, 0.25) is 0 Å². The van der Waals surface area contributed by atoms with Crippen molar-refractivity contribution in [3.8, 4) is 5.75 Å². The first-order chi connectivity index (χ1) is 10.1. The second kappa shape index (κ2) is 6.50. The van der Waals surface area contributed by atoms with E-state index in [9.17, 15) is 5.11 Å². The van der Waals surface area contributed by atoms with Gasteiger partial charge in [-0.25, -0.2) is 0 Å². The standard InChI is InChI=1S/C15H21ClN2O3/c16-12-6-10(2-3-14(12)21-11-8-20-9-11)15(19)13(17)7-18-4-1-5-18/h2-3,6,11,13,15,19H,1,4-5,7-9,17H2/t13-,15-/m1/s1. The fraction of sp³-hybridized carbons (Fsp3) is 0.600. The number of rotatable bonds is 6. The third-order valence-electron chi connectivity index (χ3n) is 4.02. The SMILES string of the molecule is N[C@H](CN1CCC1)[C@H](O)c1ccc(OC2COC2)c(Cl)c1. The van der Waals surface area contributed by atoms with Crippen molar-refractivity contribution >= 4 is 11.6 Å². The summed E-state index contributed by atoms with van der Waals surface area (Å²) in [5.41, 5.74) is 6.80. The van der Waals surface area contributed by atoms with E-state index in [-0.39, 0.29) is 12.1 Å². The molecule has 2 atom stereocenters. The Balaban J connectivity index is 1.62. The maximum Gasteiger partial charge on any atom is 0.145 e. The van der Waals surface area contributed by atoms with Crippen LogP contribution >= 0.6 is 11.6 Å². The average Bonchev–Trinajstić information content (AvgIpc) is 2.38. The number of nitrogens with two attached hydrogens (primary N) is 1. The molecule has 0 aromatic heterocycles. The third-order valence-corrected chi connectivity index (χ3v) is 4.32. The van der Waals surface area contributed by atoms with E-state index in [1.54, 1.807) is 12.1 Å². The first kappa shape index (κ1) is 15.1. The second-order valence-corrected chi connectivity index (χ2v) is 6.14. The summed E-state index contributed by atoms with van der Waals surface area (Å²) in [5, 5.41) is 10.8. The predicted molar refractivity (Wildman–Crippen MR) is 80.7 cm³/mol. The lowest BCUT2D eigenvalue weighted by Crippen LogP contribution is -2.47. The molecule has 0 amide bonds. The third kappa shape index (κ3) is 3.49. The highest BCUT2D eigenvalue weighted by Gasteiger charge is 2.25. The summed E-state index contributed by atoms with van der Waals surface area (Å²) in [6.45, 7) is 4.04. The number of likely N-dealkylation sites (tertiary alicyclic amines) is 1. The zero-order valence-corrected chi connectivity index (χ0v) is 12.6. The number of nitrogens with zero attached hydrogens (tertiary/aromatic N) is 1. The molecule has 2 fully saturated rings. The van der Waals surface area contributed by atoms with Crippen molar-refractivity contribution in [2.75, 3.05) is 32.8 Å². The zero-order chi connectivity index (χ0) is 14.8. The predicted octanol–water partition coefficient (Wildman–Crippen LogP) is 1.18. The Bertz CT molecular complexity index is 492. The summed E-state index contributed by atoms with van der Waals surface area (Å²) in [5.74, 6) is 0.622. The Kier molecular flexibility index (Phi) is 4.66. The van der Waals surface area contributed by atoms with Crippen molar-refractivity contribution in [3.63, 3.8) is 0 Å². The molecule has 0 saturated carbocycles. The van der Waals surface area contributed by atoms with E-state index in [0.29, 0.717) is 30.5 Å². The number of aliphatic hydroxyl groups is 1. The molecule has 3 N–H and O–H groups in total. The summed E-state index contributed by atoms with van der Waals surface area (Å²) in [7, 11) is 0. The molecule has 116 valence electrons. The molecule has 0 aliphatic carbocycles. The van der Waals surface area contributed by atoms with Gasteiger partial charge in [-0.3, -0.25) is 0 Å². The fourth-order valence-corrected chi connectivity index (χ4v) is 2.70. The summed E-state index contributed by atoms with van der Waals surface area (Å²) in [6, 6.07) is 5.03. The van der Waals surface area contributed by atoms with Crippen LogP contribution in [-0.2, 0) is 4.74 Å². The van der Waals surface area contributed by atoms with Crippen molar-refractivity contribution in [2.24, 2.45) is 5.73 Å². The van der Waals surface area contributed by atoms with Gasteiger partial charge in [-0.2, -0.15) is 0 Å². The van der Waals surface area contributed by atoms with Crippen LogP contribution in [0.5, 0.6) is 5.75 Å². The Morgan fingerprint density at radius 2 is 2.19 bits per heavy atom. The number of hydrogen-bond donors (Lipinski definition) is 2. The lowest BCUT2D eigenvalue weighted by molar-refractivity contribution is -0.0796. The molecular formula is C15H21ClN2O3. The second-order valence-electron chi connectivity index (χ2n) is 5.73. The number of benzene rings is 1. The van der Waals surface area contributed by atoms with Gasteiger partial charge in [0, 0.05) is 12.6 Å². The van der Waals surface area contributed by atoms with E-state index in [1.807, 2.05) is 6.07 Å². The molecule has 0 spiro atoms. The minimum absolute atomic E-state index is 0.0759. The summed E-state index contributed by atoms with van der Waals surface area (Å²) in [6.07, 6.45) is 0.571. The van der Waals surface area contributed by atoms with Gasteiger partial charge in [0.05, 0.1) is 24.3 Å². The topological polar surface area (TPSA) is 68.0 Å². The van der Waals surface area contributed by atoms with Crippen molar-refractivity contribution in [2.45, 2.75) is 24.7 Å². The van der Waals surface area contributed by atoms with Crippen LogP contribution in [0.1, 0.15) is 18.1 Å². The lowest BCUT2D eigenvalue weighted by atomic mass is 10.0. The monoisotopic (exact) mass is 312 g/mol. The average molecular weight is 313 g/mol. The van der Waals surface area contributed by atoms with Gasteiger partial charge in [-0.1, -0.05) is 17.7 Å². The Labute approximate surface area is 129 Å². The molecule has 5 nitrogen and oxygen atoms in total. The molecule has 0 radical (unpaired) electrons. The van der Waals surface area contributed by atoms with E-state index < -0.39 is 6.10 Å². The van der Waals surface area contributed by atoms with E-state index in [1.165, 1.54) is 6.42 Å². The molecule has 21 heavy (non-hydrogen) atoms. The smallest absolute Gasteiger partial charge is 0.145 e. The summed E-state index contributed by atoms with van der Waals surface area (Å²) < 4.78 is 10.8. The van der Waals surface area contributed by atoms with Crippen molar-refractivity contribution in [1.82, 2.24) is 4.90 Å². The van der Waals surface area contributed by atoms with Crippen molar-refractivity contribution in [1.29, 1.82) is 0 Å².